The molecule has 4 nitrogen and oxygen atoms in total. The molecule has 0 spiro atoms. The molecule has 2 atom stereocenters. The van der Waals surface area contributed by atoms with Crippen LogP contribution in [0.3, 0.4) is 0 Å². The van der Waals surface area contributed by atoms with E-state index in [0.29, 0.717) is 17.5 Å². The van der Waals surface area contributed by atoms with Crippen molar-refractivity contribution >= 4 is 9.84 Å². The van der Waals surface area contributed by atoms with Crippen LogP contribution in [0.25, 0.3) is 0 Å². The van der Waals surface area contributed by atoms with Crippen molar-refractivity contribution in [3.63, 3.8) is 0 Å². The molecule has 1 N–H and O–H groups in total. The Balaban J connectivity index is 1.98. The Morgan fingerprint density at radius 1 is 1.31 bits per heavy atom. The summed E-state index contributed by atoms with van der Waals surface area (Å²) in [5.41, 5.74) is 0. The van der Waals surface area contributed by atoms with Crippen molar-refractivity contribution in [3.05, 3.63) is 0 Å². The number of hydrogen-bond acceptors (Lipinski definition) is 4. The van der Waals surface area contributed by atoms with Crippen molar-refractivity contribution in [1.82, 2.24) is 10.2 Å². The SMILES string of the molecule is CC1CS(=O)(=O)CCN1C1CCCCNC1. The van der Waals surface area contributed by atoms with Gasteiger partial charge in [0.2, 0.25) is 0 Å². The van der Waals surface area contributed by atoms with Gasteiger partial charge in [0.1, 0.15) is 0 Å². The first-order valence-corrected chi connectivity index (χ1v) is 8.07. The second-order valence-corrected chi connectivity index (χ2v) is 7.28. The summed E-state index contributed by atoms with van der Waals surface area (Å²) in [5, 5.41) is 3.44. The molecular formula is C11H22N2O2S. The summed E-state index contributed by atoms with van der Waals surface area (Å²) in [4.78, 5) is 2.39. The number of sulfone groups is 1. The number of nitrogens with one attached hydrogen (secondary N) is 1. The zero-order valence-corrected chi connectivity index (χ0v) is 10.8. The van der Waals surface area contributed by atoms with E-state index in [1.54, 1.807) is 0 Å². The van der Waals surface area contributed by atoms with Gasteiger partial charge >= 0.3 is 0 Å². The number of nitrogens with zero attached hydrogens (tertiary/aromatic N) is 1. The minimum atomic E-state index is -2.77. The van der Waals surface area contributed by atoms with Crippen molar-refractivity contribution in [2.45, 2.75) is 38.3 Å². The molecule has 0 aromatic heterocycles. The Kier molecular flexibility index (Phi) is 3.87. The summed E-state index contributed by atoms with van der Waals surface area (Å²) >= 11 is 0. The summed E-state index contributed by atoms with van der Waals surface area (Å²) < 4.78 is 23.0. The van der Waals surface area contributed by atoms with Crippen molar-refractivity contribution in [3.8, 4) is 0 Å². The molecule has 2 unspecified atom stereocenters. The summed E-state index contributed by atoms with van der Waals surface area (Å²) in [6.07, 6.45) is 3.71. The van der Waals surface area contributed by atoms with Crippen LogP contribution >= 0.6 is 0 Å². The van der Waals surface area contributed by atoms with Gasteiger partial charge in [0.05, 0.1) is 11.5 Å². The van der Waals surface area contributed by atoms with Crippen molar-refractivity contribution in [1.29, 1.82) is 0 Å². The van der Waals surface area contributed by atoms with E-state index in [4.69, 9.17) is 0 Å². The average Bonchev–Trinajstić information content (AvgIpc) is 2.44. The molecule has 2 saturated heterocycles. The van der Waals surface area contributed by atoms with E-state index in [0.717, 1.165) is 19.6 Å². The van der Waals surface area contributed by atoms with E-state index in [-0.39, 0.29) is 6.04 Å². The Hall–Kier alpha value is -0.130. The maximum atomic E-state index is 11.5. The Morgan fingerprint density at radius 2 is 2.12 bits per heavy atom. The fourth-order valence-corrected chi connectivity index (χ4v) is 4.42. The van der Waals surface area contributed by atoms with E-state index in [1.807, 2.05) is 6.92 Å². The predicted molar refractivity (Wildman–Crippen MR) is 65.3 cm³/mol. The molecule has 2 fully saturated rings. The van der Waals surface area contributed by atoms with Gasteiger partial charge < -0.3 is 5.32 Å². The first kappa shape index (κ1) is 12.3. The molecule has 2 rings (SSSR count). The highest BCUT2D eigenvalue weighted by molar-refractivity contribution is 7.91. The fraction of sp³-hybridized carbons (Fsp3) is 1.00. The Labute approximate surface area is 98.3 Å². The van der Waals surface area contributed by atoms with Crippen LogP contribution in [-0.4, -0.2) is 56.5 Å². The summed E-state index contributed by atoms with van der Waals surface area (Å²) in [7, 11) is -2.77. The van der Waals surface area contributed by atoms with Crippen LogP contribution in [0.1, 0.15) is 26.2 Å². The largest absolute Gasteiger partial charge is 0.315 e. The molecule has 2 heterocycles. The fourth-order valence-electron chi connectivity index (χ4n) is 2.84. The molecule has 0 aromatic rings. The minimum absolute atomic E-state index is 0.184. The van der Waals surface area contributed by atoms with E-state index in [2.05, 4.69) is 10.2 Å². The first-order chi connectivity index (χ1) is 7.58. The van der Waals surface area contributed by atoms with Gasteiger partial charge in [0.15, 0.2) is 9.84 Å². The minimum Gasteiger partial charge on any atom is -0.315 e. The standard InChI is InChI=1S/C11H22N2O2S/c1-10-9-16(14,15)7-6-13(10)11-4-2-3-5-12-8-11/h10-12H,2-9H2,1H3. The van der Waals surface area contributed by atoms with Gasteiger partial charge in [0.25, 0.3) is 0 Å². The lowest BCUT2D eigenvalue weighted by Gasteiger charge is -2.39. The lowest BCUT2D eigenvalue weighted by molar-refractivity contribution is 0.150. The van der Waals surface area contributed by atoms with Gasteiger partial charge in [0, 0.05) is 25.2 Å². The molecular weight excluding hydrogens is 224 g/mol. The zero-order chi connectivity index (χ0) is 11.6. The average molecular weight is 246 g/mol. The van der Waals surface area contributed by atoms with Gasteiger partial charge in [-0.05, 0) is 26.3 Å². The first-order valence-electron chi connectivity index (χ1n) is 6.25. The Morgan fingerprint density at radius 3 is 2.88 bits per heavy atom. The normalized spacial score (nSPS) is 36.8. The maximum absolute atomic E-state index is 11.5. The molecule has 0 radical (unpaired) electrons. The van der Waals surface area contributed by atoms with Crippen LogP contribution in [0.2, 0.25) is 0 Å². The second-order valence-electron chi connectivity index (χ2n) is 5.05. The summed E-state index contributed by atoms with van der Waals surface area (Å²) in [5.74, 6) is 0.678. The molecule has 2 aliphatic heterocycles. The number of hydrogen-bond donors (Lipinski definition) is 1. The maximum Gasteiger partial charge on any atom is 0.153 e. The molecule has 0 saturated carbocycles. The molecule has 5 heteroatoms. The van der Waals surface area contributed by atoms with Crippen LogP contribution in [0.15, 0.2) is 0 Å². The van der Waals surface area contributed by atoms with Crippen LogP contribution in [0, 0.1) is 0 Å². The van der Waals surface area contributed by atoms with Crippen molar-refractivity contribution in [2.75, 3.05) is 31.1 Å². The molecule has 0 aliphatic carbocycles. The van der Waals surface area contributed by atoms with E-state index < -0.39 is 9.84 Å². The monoisotopic (exact) mass is 246 g/mol. The molecule has 0 bridgehead atoms. The quantitative estimate of drug-likeness (QED) is 0.720. The second kappa shape index (κ2) is 5.02. The number of rotatable bonds is 1. The van der Waals surface area contributed by atoms with Crippen LogP contribution < -0.4 is 5.32 Å². The highest BCUT2D eigenvalue weighted by atomic mass is 32.2. The van der Waals surface area contributed by atoms with Gasteiger partial charge in [-0.1, -0.05) is 6.42 Å². The molecule has 94 valence electrons. The van der Waals surface area contributed by atoms with Crippen LogP contribution in [-0.2, 0) is 9.84 Å². The third kappa shape index (κ3) is 2.96. The summed E-state index contributed by atoms with van der Waals surface area (Å²) in [6, 6.07) is 0.719. The third-order valence-electron chi connectivity index (χ3n) is 3.71. The highest BCUT2D eigenvalue weighted by Gasteiger charge is 2.32. The molecule has 0 aromatic carbocycles. The third-order valence-corrected chi connectivity index (χ3v) is 5.51. The molecule has 0 amide bonds. The lowest BCUT2D eigenvalue weighted by Crippen LogP contribution is -2.53. The highest BCUT2D eigenvalue weighted by Crippen LogP contribution is 2.19. The van der Waals surface area contributed by atoms with Crippen molar-refractivity contribution in [2.24, 2.45) is 0 Å². The zero-order valence-electron chi connectivity index (χ0n) is 9.98. The van der Waals surface area contributed by atoms with Gasteiger partial charge in [-0.2, -0.15) is 0 Å². The van der Waals surface area contributed by atoms with Crippen molar-refractivity contribution < 1.29 is 8.42 Å². The van der Waals surface area contributed by atoms with Crippen LogP contribution in [0.4, 0.5) is 0 Å². The van der Waals surface area contributed by atoms with E-state index in [1.165, 1.54) is 19.3 Å². The molecule has 16 heavy (non-hydrogen) atoms. The predicted octanol–water partition coefficient (Wildman–Crippen LogP) is 0.247. The topological polar surface area (TPSA) is 49.4 Å². The van der Waals surface area contributed by atoms with Gasteiger partial charge in [-0.15, -0.1) is 0 Å². The van der Waals surface area contributed by atoms with Crippen LogP contribution in [0.5, 0.6) is 0 Å². The van der Waals surface area contributed by atoms with E-state index in [9.17, 15) is 8.42 Å². The smallest absolute Gasteiger partial charge is 0.153 e. The van der Waals surface area contributed by atoms with E-state index >= 15 is 0 Å². The molecule has 2 aliphatic rings. The lowest BCUT2D eigenvalue weighted by atomic mass is 10.1. The van der Waals surface area contributed by atoms with Gasteiger partial charge in [-0.25, -0.2) is 8.42 Å². The Bertz CT molecular complexity index is 321. The summed E-state index contributed by atoms with van der Waals surface area (Å²) in [6.45, 7) is 4.89. The van der Waals surface area contributed by atoms with Gasteiger partial charge in [-0.3, -0.25) is 4.90 Å².